The number of hydrazone groups is 1. The first-order valence-electron chi connectivity index (χ1n) is 9.73. The van der Waals surface area contributed by atoms with Crippen molar-refractivity contribution in [3.8, 4) is 11.5 Å². The molecule has 0 bridgehead atoms. The molecular formula is C22H24N4O4. The lowest BCUT2D eigenvalue weighted by atomic mass is 10.1. The number of amides is 1. The predicted octanol–water partition coefficient (Wildman–Crippen LogP) is 2.98. The zero-order valence-electron chi connectivity index (χ0n) is 17.2. The highest BCUT2D eigenvalue weighted by Gasteiger charge is 2.15. The van der Waals surface area contributed by atoms with Gasteiger partial charge >= 0.3 is 0 Å². The van der Waals surface area contributed by atoms with E-state index in [1.807, 2.05) is 6.92 Å². The number of nitrogens with one attached hydrogen (secondary N) is 1. The largest absolute Gasteiger partial charge is 0.493 e. The summed E-state index contributed by atoms with van der Waals surface area (Å²) in [5.74, 6) is 0.736. The summed E-state index contributed by atoms with van der Waals surface area (Å²) in [6.07, 6.45) is 2.38. The van der Waals surface area contributed by atoms with E-state index in [1.54, 1.807) is 56.5 Å². The van der Waals surface area contributed by atoms with Crippen LogP contribution in [0.5, 0.6) is 11.5 Å². The van der Waals surface area contributed by atoms with Crippen LogP contribution in [0.25, 0.3) is 10.8 Å². The molecule has 30 heavy (non-hydrogen) atoms. The van der Waals surface area contributed by atoms with E-state index in [0.717, 1.165) is 12.0 Å². The van der Waals surface area contributed by atoms with E-state index in [-0.39, 0.29) is 11.3 Å². The van der Waals surface area contributed by atoms with Crippen molar-refractivity contribution >= 4 is 22.9 Å². The molecular weight excluding hydrogens is 384 g/mol. The molecule has 0 aliphatic carbocycles. The first-order valence-corrected chi connectivity index (χ1v) is 9.73. The number of ether oxygens (including phenoxy) is 2. The number of hydrogen-bond donors (Lipinski definition) is 1. The first-order chi connectivity index (χ1) is 14.6. The van der Waals surface area contributed by atoms with Crippen molar-refractivity contribution in [1.82, 2.24) is 15.2 Å². The van der Waals surface area contributed by atoms with Crippen LogP contribution in [-0.4, -0.2) is 35.6 Å². The van der Waals surface area contributed by atoms with Gasteiger partial charge in [-0.15, -0.1) is 0 Å². The smallest absolute Gasteiger partial charge is 0.292 e. The Labute approximate surface area is 174 Å². The number of aromatic nitrogens is 2. The summed E-state index contributed by atoms with van der Waals surface area (Å²) >= 11 is 0. The molecule has 0 radical (unpaired) electrons. The number of aryl methyl sites for hydroxylation is 1. The van der Waals surface area contributed by atoms with Gasteiger partial charge in [0.15, 0.2) is 17.2 Å². The highest BCUT2D eigenvalue weighted by atomic mass is 16.5. The topological polar surface area (TPSA) is 94.8 Å². The molecule has 0 saturated heterocycles. The van der Waals surface area contributed by atoms with Gasteiger partial charge in [0.05, 0.1) is 25.3 Å². The predicted molar refractivity (Wildman–Crippen MR) is 116 cm³/mol. The molecule has 8 heteroatoms. The lowest BCUT2D eigenvalue weighted by molar-refractivity contribution is 0.0949. The average molecular weight is 408 g/mol. The maximum atomic E-state index is 12.7. The van der Waals surface area contributed by atoms with E-state index < -0.39 is 5.91 Å². The lowest BCUT2D eigenvalue weighted by Crippen LogP contribution is -2.28. The molecule has 8 nitrogen and oxygen atoms in total. The van der Waals surface area contributed by atoms with Gasteiger partial charge in [-0.05, 0) is 43.2 Å². The SMILES string of the molecule is CCCOc1cc(/C=N\NC(=O)c2nn(CC)c(=O)c3ccccc23)ccc1OC. The van der Waals surface area contributed by atoms with Crippen LogP contribution in [0, 0.1) is 0 Å². The monoisotopic (exact) mass is 408 g/mol. The summed E-state index contributed by atoms with van der Waals surface area (Å²) in [5.41, 5.74) is 3.13. The quantitative estimate of drug-likeness (QED) is 0.457. The van der Waals surface area contributed by atoms with Gasteiger partial charge in [-0.2, -0.15) is 10.2 Å². The summed E-state index contributed by atoms with van der Waals surface area (Å²) in [5, 5.41) is 9.15. The van der Waals surface area contributed by atoms with Crippen LogP contribution in [0.15, 0.2) is 52.4 Å². The van der Waals surface area contributed by atoms with Gasteiger partial charge in [0.1, 0.15) is 0 Å². The molecule has 0 fully saturated rings. The fourth-order valence-corrected chi connectivity index (χ4v) is 2.93. The van der Waals surface area contributed by atoms with Gasteiger partial charge < -0.3 is 9.47 Å². The van der Waals surface area contributed by atoms with Crippen LogP contribution in [0.1, 0.15) is 36.3 Å². The van der Waals surface area contributed by atoms with Crippen molar-refractivity contribution in [1.29, 1.82) is 0 Å². The van der Waals surface area contributed by atoms with Crippen molar-refractivity contribution < 1.29 is 14.3 Å². The second kappa shape index (κ2) is 9.69. The minimum absolute atomic E-state index is 0.144. The van der Waals surface area contributed by atoms with E-state index in [0.29, 0.717) is 35.4 Å². The van der Waals surface area contributed by atoms with Crippen molar-refractivity contribution in [3.05, 3.63) is 64.1 Å². The van der Waals surface area contributed by atoms with Gasteiger partial charge in [-0.3, -0.25) is 9.59 Å². The van der Waals surface area contributed by atoms with Crippen LogP contribution in [-0.2, 0) is 6.54 Å². The van der Waals surface area contributed by atoms with Gasteiger partial charge in [0.2, 0.25) is 0 Å². The van der Waals surface area contributed by atoms with Crippen LogP contribution < -0.4 is 20.5 Å². The van der Waals surface area contributed by atoms with Gasteiger partial charge in [-0.25, -0.2) is 10.1 Å². The van der Waals surface area contributed by atoms with Crippen LogP contribution >= 0.6 is 0 Å². The number of benzene rings is 2. The van der Waals surface area contributed by atoms with Crippen LogP contribution in [0.3, 0.4) is 0 Å². The number of rotatable bonds is 8. The third-order valence-electron chi connectivity index (χ3n) is 4.41. The molecule has 1 heterocycles. The third kappa shape index (κ3) is 4.48. The molecule has 0 aliphatic heterocycles. The molecule has 0 aliphatic rings. The Morgan fingerprint density at radius 2 is 1.93 bits per heavy atom. The summed E-state index contributed by atoms with van der Waals surface area (Å²) in [4.78, 5) is 25.1. The molecule has 2 aromatic carbocycles. The van der Waals surface area contributed by atoms with E-state index in [1.165, 1.54) is 10.9 Å². The number of fused-ring (bicyclic) bond motifs is 1. The fourth-order valence-electron chi connectivity index (χ4n) is 2.93. The Morgan fingerprint density at radius 3 is 2.63 bits per heavy atom. The molecule has 0 atom stereocenters. The Kier molecular flexibility index (Phi) is 6.79. The third-order valence-corrected chi connectivity index (χ3v) is 4.41. The summed E-state index contributed by atoms with van der Waals surface area (Å²) in [7, 11) is 1.58. The molecule has 0 unspecified atom stereocenters. The van der Waals surface area contributed by atoms with Crippen molar-refractivity contribution in [2.24, 2.45) is 5.10 Å². The standard InChI is InChI=1S/C22H24N4O4/c1-4-12-30-19-13-15(10-11-18(19)29-3)14-23-24-21(27)20-16-8-6-7-9-17(16)22(28)26(5-2)25-20/h6-11,13-14H,4-5,12H2,1-3H3,(H,24,27)/b23-14-. The number of hydrogen-bond acceptors (Lipinski definition) is 6. The zero-order valence-corrected chi connectivity index (χ0v) is 17.2. The van der Waals surface area contributed by atoms with Crippen molar-refractivity contribution in [2.45, 2.75) is 26.8 Å². The van der Waals surface area contributed by atoms with Crippen molar-refractivity contribution in [2.75, 3.05) is 13.7 Å². The summed E-state index contributed by atoms with van der Waals surface area (Å²) < 4.78 is 12.2. The first kappa shape index (κ1) is 21.0. The maximum absolute atomic E-state index is 12.7. The fraction of sp³-hybridized carbons (Fsp3) is 0.273. The molecule has 1 aromatic heterocycles. The molecule has 0 spiro atoms. The highest BCUT2D eigenvalue weighted by molar-refractivity contribution is 6.04. The second-order valence-electron chi connectivity index (χ2n) is 6.47. The summed E-state index contributed by atoms with van der Waals surface area (Å²) in [6, 6.07) is 12.3. The Bertz CT molecular complexity index is 1140. The minimum atomic E-state index is -0.499. The van der Waals surface area contributed by atoms with Gasteiger partial charge in [0, 0.05) is 11.9 Å². The Morgan fingerprint density at radius 1 is 1.17 bits per heavy atom. The van der Waals surface area contributed by atoms with Crippen LogP contribution in [0.4, 0.5) is 0 Å². The highest BCUT2D eigenvalue weighted by Crippen LogP contribution is 2.27. The Balaban J connectivity index is 1.83. The lowest BCUT2D eigenvalue weighted by Gasteiger charge is -2.10. The number of methoxy groups -OCH3 is 1. The number of carbonyl (C=O) groups is 1. The second-order valence-corrected chi connectivity index (χ2v) is 6.47. The molecule has 3 aromatic rings. The normalized spacial score (nSPS) is 11.0. The van der Waals surface area contributed by atoms with Gasteiger partial charge in [-0.1, -0.05) is 25.1 Å². The van der Waals surface area contributed by atoms with Gasteiger partial charge in [0.25, 0.3) is 11.5 Å². The van der Waals surface area contributed by atoms with E-state index in [4.69, 9.17) is 9.47 Å². The average Bonchev–Trinajstić information content (AvgIpc) is 2.78. The van der Waals surface area contributed by atoms with Crippen LogP contribution in [0.2, 0.25) is 0 Å². The molecule has 156 valence electrons. The molecule has 0 saturated carbocycles. The van der Waals surface area contributed by atoms with E-state index >= 15 is 0 Å². The Hall–Kier alpha value is -3.68. The van der Waals surface area contributed by atoms with Crippen molar-refractivity contribution in [3.63, 3.8) is 0 Å². The number of carbonyl (C=O) groups excluding carboxylic acids is 1. The van der Waals surface area contributed by atoms with E-state index in [9.17, 15) is 9.59 Å². The summed E-state index contributed by atoms with van der Waals surface area (Å²) in [6.45, 7) is 4.75. The zero-order chi connectivity index (χ0) is 21.5. The van der Waals surface area contributed by atoms with E-state index in [2.05, 4.69) is 15.6 Å². The molecule has 1 N–H and O–H groups in total. The minimum Gasteiger partial charge on any atom is -0.493 e. The maximum Gasteiger partial charge on any atom is 0.292 e. The molecule has 1 amide bonds. The molecule has 3 rings (SSSR count). The number of nitrogens with zero attached hydrogens (tertiary/aromatic N) is 3.